The maximum atomic E-state index is 5.71. The highest BCUT2D eigenvalue weighted by atomic mass is 16.5. The molecule has 150 valence electrons. The quantitative estimate of drug-likeness (QED) is 0.328. The third-order valence-electron chi connectivity index (χ3n) is 5.77. The molecule has 4 rings (SSSR count). The van der Waals surface area contributed by atoms with Crippen molar-refractivity contribution < 1.29 is 4.74 Å². The minimum atomic E-state index is 0.300. The average Bonchev–Trinajstić information content (AvgIpc) is 2.80. The summed E-state index contributed by atoms with van der Waals surface area (Å²) in [6.45, 7) is 2.32. The standard InChI is InChI=1S/C29H28O/c1-22(25-16-10-5-11-17-25)29-26(18-23-12-6-3-7-13-23)20-28(30-2)21-27(29)19-24-14-8-4-9-15-24/h3-17,20-22H,18-19H2,1-2H3. The van der Waals surface area contributed by atoms with Crippen molar-refractivity contribution in [3.63, 3.8) is 0 Å². The van der Waals surface area contributed by atoms with Crippen LogP contribution >= 0.6 is 0 Å². The maximum absolute atomic E-state index is 5.71. The van der Waals surface area contributed by atoms with Gasteiger partial charge in [0.1, 0.15) is 5.75 Å². The summed E-state index contributed by atoms with van der Waals surface area (Å²) in [6, 6.07) is 36.6. The van der Waals surface area contributed by atoms with Crippen molar-refractivity contribution in [3.8, 4) is 5.75 Å². The van der Waals surface area contributed by atoms with E-state index in [0.29, 0.717) is 5.92 Å². The van der Waals surface area contributed by atoms with E-state index in [4.69, 9.17) is 4.74 Å². The SMILES string of the molecule is COc1cc(Cc2ccccc2)c(C(C)c2ccccc2)c(Cc2ccccc2)c1. The Labute approximate surface area is 180 Å². The van der Waals surface area contributed by atoms with Crippen molar-refractivity contribution in [1.82, 2.24) is 0 Å². The van der Waals surface area contributed by atoms with Crippen LogP contribution in [-0.2, 0) is 12.8 Å². The lowest BCUT2D eigenvalue weighted by Crippen LogP contribution is -2.08. The molecule has 0 aliphatic heterocycles. The first-order valence-corrected chi connectivity index (χ1v) is 10.6. The Morgan fingerprint density at radius 3 is 1.50 bits per heavy atom. The van der Waals surface area contributed by atoms with E-state index in [-0.39, 0.29) is 0 Å². The molecule has 0 saturated heterocycles. The largest absolute Gasteiger partial charge is 0.497 e. The smallest absolute Gasteiger partial charge is 0.119 e. The number of hydrogen-bond acceptors (Lipinski definition) is 1. The first kappa shape index (κ1) is 20.0. The molecule has 0 aromatic heterocycles. The van der Waals surface area contributed by atoms with Crippen LogP contribution in [0.25, 0.3) is 0 Å². The predicted molar refractivity (Wildman–Crippen MR) is 125 cm³/mol. The summed E-state index contributed by atoms with van der Waals surface area (Å²) in [4.78, 5) is 0. The van der Waals surface area contributed by atoms with E-state index < -0.39 is 0 Å². The van der Waals surface area contributed by atoms with Crippen LogP contribution in [0.1, 0.15) is 46.2 Å². The van der Waals surface area contributed by atoms with Crippen LogP contribution in [0.4, 0.5) is 0 Å². The van der Waals surface area contributed by atoms with Gasteiger partial charge in [-0.3, -0.25) is 0 Å². The molecule has 1 unspecified atom stereocenters. The topological polar surface area (TPSA) is 9.23 Å². The normalized spacial score (nSPS) is 11.8. The van der Waals surface area contributed by atoms with Crippen LogP contribution in [0.5, 0.6) is 5.75 Å². The number of hydrogen-bond donors (Lipinski definition) is 0. The summed E-state index contributed by atoms with van der Waals surface area (Å²) in [5.41, 5.74) is 8.06. The Kier molecular flexibility index (Phi) is 6.29. The molecule has 0 heterocycles. The van der Waals surface area contributed by atoms with Crippen molar-refractivity contribution in [1.29, 1.82) is 0 Å². The molecule has 1 nitrogen and oxygen atoms in total. The van der Waals surface area contributed by atoms with E-state index in [2.05, 4.69) is 110 Å². The third kappa shape index (κ3) is 4.63. The highest BCUT2D eigenvalue weighted by Gasteiger charge is 2.19. The molecule has 4 aromatic rings. The van der Waals surface area contributed by atoms with Gasteiger partial charge in [0.15, 0.2) is 0 Å². The Morgan fingerprint density at radius 1 is 0.633 bits per heavy atom. The molecule has 0 aliphatic carbocycles. The van der Waals surface area contributed by atoms with E-state index in [0.717, 1.165) is 18.6 Å². The van der Waals surface area contributed by atoms with Gasteiger partial charge in [0.2, 0.25) is 0 Å². The fourth-order valence-electron chi connectivity index (χ4n) is 4.25. The number of benzene rings is 4. The average molecular weight is 393 g/mol. The second-order valence-electron chi connectivity index (χ2n) is 7.82. The zero-order valence-electron chi connectivity index (χ0n) is 17.7. The molecule has 0 saturated carbocycles. The highest BCUT2D eigenvalue weighted by molar-refractivity contribution is 5.50. The zero-order chi connectivity index (χ0) is 20.8. The van der Waals surface area contributed by atoms with E-state index >= 15 is 0 Å². The molecule has 1 heteroatoms. The molecule has 0 aliphatic rings. The van der Waals surface area contributed by atoms with Gasteiger partial charge in [-0.05, 0) is 58.4 Å². The minimum absolute atomic E-state index is 0.300. The first-order valence-electron chi connectivity index (χ1n) is 10.6. The molecule has 0 fully saturated rings. The molecule has 0 radical (unpaired) electrons. The van der Waals surface area contributed by atoms with Gasteiger partial charge >= 0.3 is 0 Å². The second kappa shape index (κ2) is 9.45. The molecule has 30 heavy (non-hydrogen) atoms. The van der Waals surface area contributed by atoms with Crippen LogP contribution in [0, 0.1) is 0 Å². The van der Waals surface area contributed by atoms with Crippen molar-refractivity contribution >= 4 is 0 Å². The predicted octanol–water partition coefficient (Wildman–Crippen LogP) is 7.03. The summed E-state index contributed by atoms with van der Waals surface area (Å²) in [6.07, 6.45) is 1.79. The Hall–Kier alpha value is -3.32. The third-order valence-corrected chi connectivity index (χ3v) is 5.77. The fraction of sp³-hybridized carbons (Fsp3) is 0.172. The lowest BCUT2D eigenvalue weighted by atomic mass is 9.82. The first-order chi connectivity index (χ1) is 14.7. The van der Waals surface area contributed by atoms with E-state index in [1.165, 1.54) is 33.4 Å². The van der Waals surface area contributed by atoms with Gasteiger partial charge in [-0.15, -0.1) is 0 Å². The van der Waals surface area contributed by atoms with Gasteiger partial charge in [0.05, 0.1) is 7.11 Å². The lowest BCUT2D eigenvalue weighted by Gasteiger charge is -2.23. The molecule has 0 amide bonds. The monoisotopic (exact) mass is 392 g/mol. The summed E-state index contributed by atoms with van der Waals surface area (Å²) in [7, 11) is 1.76. The van der Waals surface area contributed by atoms with Crippen LogP contribution in [0.15, 0.2) is 103 Å². The van der Waals surface area contributed by atoms with Gasteiger partial charge in [0.25, 0.3) is 0 Å². The summed E-state index contributed by atoms with van der Waals surface area (Å²) in [5, 5.41) is 0. The summed E-state index contributed by atoms with van der Waals surface area (Å²) < 4.78 is 5.71. The number of methoxy groups -OCH3 is 1. The number of rotatable bonds is 7. The van der Waals surface area contributed by atoms with E-state index in [9.17, 15) is 0 Å². The van der Waals surface area contributed by atoms with Crippen LogP contribution < -0.4 is 4.74 Å². The van der Waals surface area contributed by atoms with Crippen LogP contribution in [0.3, 0.4) is 0 Å². The van der Waals surface area contributed by atoms with Gasteiger partial charge in [-0.25, -0.2) is 0 Å². The highest BCUT2D eigenvalue weighted by Crippen LogP contribution is 2.35. The zero-order valence-corrected chi connectivity index (χ0v) is 17.7. The summed E-state index contributed by atoms with van der Waals surface area (Å²) >= 11 is 0. The van der Waals surface area contributed by atoms with E-state index in [1.54, 1.807) is 7.11 Å². The van der Waals surface area contributed by atoms with Crippen molar-refractivity contribution in [2.45, 2.75) is 25.7 Å². The van der Waals surface area contributed by atoms with Gasteiger partial charge < -0.3 is 4.74 Å². The maximum Gasteiger partial charge on any atom is 0.119 e. The molecule has 0 bridgehead atoms. The molecule has 4 aromatic carbocycles. The number of ether oxygens (including phenoxy) is 1. The fourth-order valence-corrected chi connectivity index (χ4v) is 4.25. The van der Waals surface area contributed by atoms with Crippen molar-refractivity contribution in [2.75, 3.05) is 7.11 Å². The molecular formula is C29H28O. The van der Waals surface area contributed by atoms with Crippen molar-refractivity contribution in [2.24, 2.45) is 0 Å². The van der Waals surface area contributed by atoms with Crippen LogP contribution in [-0.4, -0.2) is 7.11 Å². The Bertz CT molecular complexity index is 1010. The Balaban J connectivity index is 1.85. The van der Waals surface area contributed by atoms with Crippen LogP contribution in [0.2, 0.25) is 0 Å². The second-order valence-corrected chi connectivity index (χ2v) is 7.82. The summed E-state index contributed by atoms with van der Waals surface area (Å²) in [5.74, 6) is 1.23. The minimum Gasteiger partial charge on any atom is -0.497 e. The van der Waals surface area contributed by atoms with Crippen molar-refractivity contribution in [3.05, 3.63) is 137 Å². The van der Waals surface area contributed by atoms with Gasteiger partial charge in [-0.1, -0.05) is 97.9 Å². The Morgan fingerprint density at radius 2 is 1.07 bits per heavy atom. The molecule has 0 N–H and O–H groups in total. The molecular weight excluding hydrogens is 364 g/mol. The molecule has 0 spiro atoms. The molecule has 1 atom stereocenters. The van der Waals surface area contributed by atoms with Gasteiger partial charge in [-0.2, -0.15) is 0 Å². The van der Waals surface area contributed by atoms with Gasteiger partial charge in [0, 0.05) is 5.92 Å². The lowest BCUT2D eigenvalue weighted by molar-refractivity contribution is 0.413. The van der Waals surface area contributed by atoms with E-state index in [1.807, 2.05) is 0 Å².